The Balaban J connectivity index is 1.40. The van der Waals surface area contributed by atoms with Crippen molar-refractivity contribution in [3.63, 3.8) is 0 Å². The van der Waals surface area contributed by atoms with Crippen LogP contribution in [0.1, 0.15) is 0 Å². The molecule has 10 rings (SSSR count). The molecule has 0 amide bonds. The van der Waals surface area contributed by atoms with E-state index in [1.54, 1.807) is 0 Å². The first-order chi connectivity index (χ1) is 24.3. The van der Waals surface area contributed by atoms with Crippen molar-refractivity contribution in [3.05, 3.63) is 188 Å². The van der Waals surface area contributed by atoms with Gasteiger partial charge in [-0.2, -0.15) is 0 Å². The molecule has 1 nitrogen and oxygen atoms in total. The van der Waals surface area contributed by atoms with E-state index in [-0.39, 0.29) is 0 Å². The van der Waals surface area contributed by atoms with Gasteiger partial charge in [0.15, 0.2) is 0 Å². The maximum Gasteiger partial charge on any atom is 0.0468 e. The van der Waals surface area contributed by atoms with Crippen LogP contribution in [0.15, 0.2) is 188 Å². The lowest BCUT2D eigenvalue weighted by Crippen LogP contribution is -2.09. The molecular weight excluding hydrogens is 591 g/mol. The van der Waals surface area contributed by atoms with E-state index in [4.69, 9.17) is 0 Å². The van der Waals surface area contributed by atoms with Gasteiger partial charge in [0.1, 0.15) is 0 Å². The van der Waals surface area contributed by atoms with E-state index in [0.717, 1.165) is 17.1 Å². The second-order valence-electron chi connectivity index (χ2n) is 12.9. The van der Waals surface area contributed by atoms with E-state index < -0.39 is 0 Å². The molecular formula is C48H31N. The van der Waals surface area contributed by atoms with Crippen LogP contribution in [0, 0.1) is 0 Å². The molecule has 0 saturated heterocycles. The van der Waals surface area contributed by atoms with Gasteiger partial charge in [0.05, 0.1) is 0 Å². The van der Waals surface area contributed by atoms with Crippen LogP contribution in [0.25, 0.3) is 75.8 Å². The van der Waals surface area contributed by atoms with Crippen LogP contribution in [0.5, 0.6) is 0 Å². The standard InChI is InChI=1S/C48H31N/c1-4-14-32(15-5-1)33-26-28-40-42-23-12-22-41-38-21-11-10-20-37(38)39-29-27-36(49(34-16-6-2-7-17-34)35-18-8-3-9-19-35)31-46(39)44-25-13-24-43(45(40)30-33)48(44)47(41)42/h1-31H. The Morgan fingerprint density at radius 1 is 0.224 bits per heavy atom. The number of nitrogens with zero attached hydrogens (tertiary/aromatic N) is 1. The quantitative estimate of drug-likeness (QED) is 0.177. The number of anilines is 3. The molecule has 0 aliphatic carbocycles. The Morgan fingerprint density at radius 3 is 1.22 bits per heavy atom. The topological polar surface area (TPSA) is 3.24 Å². The molecule has 0 aliphatic rings. The van der Waals surface area contributed by atoms with Crippen LogP contribution in [-0.4, -0.2) is 0 Å². The van der Waals surface area contributed by atoms with Crippen LogP contribution in [0.4, 0.5) is 17.1 Å². The number of para-hydroxylation sites is 2. The molecule has 0 N–H and O–H groups in total. The summed E-state index contributed by atoms with van der Waals surface area (Å²) in [5, 5.41) is 15.3. The molecule has 49 heavy (non-hydrogen) atoms. The minimum Gasteiger partial charge on any atom is -0.310 e. The Labute approximate surface area is 284 Å². The molecule has 0 aromatic heterocycles. The predicted octanol–water partition coefficient (Wildman–Crippen LogP) is 13.7. The first-order valence-corrected chi connectivity index (χ1v) is 16.9. The summed E-state index contributed by atoms with van der Waals surface area (Å²) in [7, 11) is 0. The minimum absolute atomic E-state index is 1.13. The van der Waals surface area contributed by atoms with E-state index >= 15 is 0 Å². The summed E-state index contributed by atoms with van der Waals surface area (Å²) in [4.78, 5) is 2.36. The SMILES string of the molecule is c1ccc(-c2ccc3c(c2)c2cccc4c5cc(N(c6ccccc6)c6ccccc6)ccc5c5ccccc5c5cccc3c5c42)cc1. The number of fused-ring (bicyclic) bond motifs is 8. The molecule has 10 aromatic rings. The van der Waals surface area contributed by atoms with Crippen molar-refractivity contribution in [3.8, 4) is 11.1 Å². The first kappa shape index (κ1) is 27.7. The lowest BCUT2D eigenvalue weighted by atomic mass is 9.86. The first-order valence-electron chi connectivity index (χ1n) is 16.9. The van der Waals surface area contributed by atoms with E-state index in [2.05, 4.69) is 193 Å². The third-order valence-electron chi connectivity index (χ3n) is 10.2. The molecule has 0 fully saturated rings. The van der Waals surface area contributed by atoms with Gasteiger partial charge in [0, 0.05) is 17.1 Å². The second-order valence-corrected chi connectivity index (χ2v) is 12.9. The number of hydrogen-bond acceptors (Lipinski definition) is 1. The van der Waals surface area contributed by atoms with Crippen molar-refractivity contribution in [2.75, 3.05) is 4.90 Å². The van der Waals surface area contributed by atoms with E-state index in [9.17, 15) is 0 Å². The van der Waals surface area contributed by atoms with Gasteiger partial charge >= 0.3 is 0 Å². The summed E-state index contributed by atoms with van der Waals surface area (Å²) < 4.78 is 0. The third kappa shape index (κ3) is 4.33. The monoisotopic (exact) mass is 621 g/mol. The molecule has 228 valence electrons. The lowest BCUT2D eigenvalue weighted by molar-refractivity contribution is 1.29. The Morgan fingerprint density at radius 2 is 0.633 bits per heavy atom. The molecule has 1 heteroatoms. The van der Waals surface area contributed by atoms with Crippen molar-refractivity contribution in [1.82, 2.24) is 0 Å². The third-order valence-corrected chi connectivity index (χ3v) is 10.2. The minimum atomic E-state index is 1.13. The number of hydrogen-bond donors (Lipinski definition) is 0. The summed E-state index contributed by atoms with van der Waals surface area (Å²) in [5.41, 5.74) is 5.85. The fourth-order valence-corrected chi connectivity index (χ4v) is 8.04. The van der Waals surface area contributed by atoms with Crippen LogP contribution in [0.3, 0.4) is 0 Å². The van der Waals surface area contributed by atoms with Crippen molar-refractivity contribution in [2.45, 2.75) is 0 Å². The largest absolute Gasteiger partial charge is 0.310 e. The van der Waals surface area contributed by atoms with Crippen molar-refractivity contribution >= 4 is 81.7 Å². The van der Waals surface area contributed by atoms with Crippen LogP contribution >= 0.6 is 0 Å². The average Bonchev–Trinajstić information content (AvgIpc) is 3.18. The number of rotatable bonds is 4. The molecule has 0 radical (unpaired) electrons. The zero-order valence-corrected chi connectivity index (χ0v) is 26.8. The summed E-state index contributed by atoms with van der Waals surface area (Å²) in [6.07, 6.45) is 0. The molecule has 10 aromatic carbocycles. The van der Waals surface area contributed by atoms with Gasteiger partial charge in [-0.1, -0.05) is 146 Å². The average molecular weight is 622 g/mol. The Kier molecular flexibility index (Phi) is 6.25. The van der Waals surface area contributed by atoms with Crippen LogP contribution in [0.2, 0.25) is 0 Å². The van der Waals surface area contributed by atoms with Gasteiger partial charge in [-0.3, -0.25) is 0 Å². The zero-order chi connectivity index (χ0) is 32.3. The summed E-state index contributed by atoms with van der Waals surface area (Å²) in [6, 6.07) is 68.8. The van der Waals surface area contributed by atoms with Crippen molar-refractivity contribution in [1.29, 1.82) is 0 Å². The highest BCUT2D eigenvalue weighted by Crippen LogP contribution is 2.46. The smallest absolute Gasteiger partial charge is 0.0468 e. The Hall–Kier alpha value is -6.44. The summed E-state index contributed by atoms with van der Waals surface area (Å²) in [6.45, 7) is 0. The van der Waals surface area contributed by atoms with Gasteiger partial charge in [-0.15, -0.1) is 0 Å². The fourth-order valence-electron chi connectivity index (χ4n) is 8.04. The van der Waals surface area contributed by atoms with Gasteiger partial charge in [-0.05, 0) is 118 Å². The zero-order valence-electron chi connectivity index (χ0n) is 26.8. The van der Waals surface area contributed by atoms with Gasteiger partial charge in [0.25, 0.3) is 0 Å². The van der Waals surface area contributed by atoms with Crippen molar-refractivity contribution < 1.29 is 0 Å². The van der Waals surface area contributed by atoms with Crippen molar-refractivity contribution in [2.24, 2.45) is 0 Å². The van der Waals surface area contributed by atoms with Crippen LogP contribution < -0.4 is 4.90 Å². The predicted molar refractivity (Wildman–Crippen MR) is 212 cm³/mol. The highest BCUT2D eigenvalue weighted by Gasteiger charge is 2.18. The highest BCUT2D eigenvalue weighted by molar-refractivity contribution is 6.39. The fraction of sp³-hybridized carbons (Fsp3) is 0. The van der Waals surface area contributed by atoms with E-state index in [0.29, 0.717) is 0 Å². The molecule has 0 saturated carbocycles. The maximum absolute atomic E-state index is 2.41. The highest BCUT2D eigenvalue weighted by atomic mass is 15.1. The maximum atomic E-state index is 2.41. The van der Waals surface area contributed by atoms with Crippen LogP contribution in [-0.2, 0) is 0 Å². The lowest BCUT2D eigenvalue weighted by Gasteiger charge is -2.26. The normalized spacial score (nSPS) is 11.7. The molecule has 0 unspecified atom stereocenters. The molecule has 0 bridgehead atoms. The summed E-state index contributed by atoms with van der Waals surface area (Å²) >= 11 is 0. The van der Waals surface area contributed by atoms with Gasteiger partial charge in [0.2, 0.25) is 0 Å². The molecule has 0 heterocycles. The second kappa shape index (κ2) is 11.1. The van der Waals surface area contributed by atoms with Gasteiger partial charge < -0.3 is 4.90 Å². The van der Waals surface area contributed by atoms with Gasteiger partial charge in [-0.25, -0.2) is 0 Å². The molecule has 0 atom stereocenters. The van der Waals surface area contributed by atoms with E-state index in [1.165, 1.54) is 75.8 Å². The molecule has 0 aliphatic heterocycles. The number of benzene rings is 9. The van der Waals surface area contributed by atoms with E-state index in [1.807, 2.05) is 0 Å². The summed E-state index contributed by atoms with van der Waals surface area (Å²) in [5.74, 6) is 0. The molecule has 0 spiro atoms. The Bertz CT molecular complexity index is 2820.